The number of nitrogens with one attached hydrogen (secondary N) is 4. The minimum atomic E-state index is -0.146. The van der Waals surface area contributed by atoms with Crippen LogP contribution in [-0.2, 0) is 13.0 Å². The zero-order valence-corrected chi connectivity index (χ0v) is 22.4. The van der Waals surface area contributed by atoms with Crippen molar-refractivity contribution in [3.05, 3.63) is 94.5 Å². The van der Waals surface area contributed by atoms with Gasteiger partial charge in [-0.05, 0) is 81.1 Å². The van der Waals surface area contributed by atoms with Crippen molar-refractivity contribution in [3.8, 4) is 0 Å². The van der Waals surface area contributed by atoms with Gasteiger partial charge >= 0.3 is 0 Å². The molecule has 4 aliphatic rings. The highest BCUT2D eigenvalue weighted by molar-refractivity contribution is 6.01. The number of amides is 1. The third kappa shape index (κ3) is 4.78. The molecule has 0 bridgehead atoms. The second kappa shape index (κ2) is 10.2. The molecular weight excluding hydrogens is 472 g/mol. The Bertz CT molecular complexity index is 1320. The molecule has 2 atom stereocenters. The molecule has 0 saturated carbocycles. The standard InChI is InChI=1S/C31H38N6O/c1-20-8-4-5-9-23(20)16-21(2)33-26-10-11-32-22(3)29(26)30-34-27-17-24-19-37(15-14-36-12-6-7-13-36)31(38)25(24)18-28(27)35-30/h4-5,8-11,17-18,21,30,32-35H,3,6-7,12-16,19H2,1-2H3. The van der Waals surface area contributed by atoms with E-state index in [-0.39, 0.29) is 18.1 Å². The van der Waals surface area contributed by atoms with Crippen LogP contribution in [0.3, 0.4) is 0 Å². The van der Waals surface area contributed by atoms with Crippen molar-refractivity contribution in [2.45, 2.75) is 51.9 Å². The molecule has 0 radical (unpaired) electrons. The Balaban J connectivity index is 1.16. The van der Waals surface area contributed by atoms with E-state index in [1.807, 2.05) is 17.2 Å². The van der Waals surface area contributed by atoms with Crippen LogP contribution in [0.25, 0.3) is 0 Å². The normalized spacial score (nSPS) is 21.2. The summed E-state index contributed by atoms with van der Waals surface area (Å²) in [5, 5.41) is 14.3. The summed E-state index contributed by atoms with van der Waals surface area (Å²) in [7, 11) is 0. The fourth-order valence-corrected chi connectivity index (χ4v) is 6.10. The highest BCUT2D eigenvalue weighted by Crippen LogP contribution is 2.38. The van der Waals surface area contributed by atoms with Crippen molar-refractivity contribution < 1.29 is 4.79 Å². The maximum Gasteiger partial charge on any atom is 0.254 e. The summed E-state index contributed by atoms with van der Waals surface area (Å²) in [5.74, 6) is 0.144. The molecule has 0 spiro atoms. The van der Waals surface area contributed by atoms with Crippen molar-refractivity contribution in [1.29, 1.82) is 0 Å². The number of dihydropyridines is 1. The quantitative estimate of drug-likeness (QED) is 0.424. The van der Waals surface area contributed by atoms with Crippen LogP contribution in [0.1, 0.15) is 46.8 Å². The first kappa shape index (κ1) is 24.6. The number of anilines is 2. The van der Waals surface area contributed by atoms with Crippen LogP contribution >= 0.6 is 0 Å². The van der Waals surface area contributed by atoms with Gasteiger partial charge in [0.2, 0.25) is 0 Å². The molecule has 6 rings (SSSR count). The summed E-state index contributed by atoms with van der Waals surface area (Å²) in [6.45, 7) is 13.4. The lowest BCUT2D eigenvalue weighted by molar-refractivity contribution is 0.0763. The van der Waals surface area contributed by atoms with Gasteiger partial charge in [-0.15, -0.1) is 0 Å². The van der Waals surface area contributed by atoms with E-state index in [9.17, 15) is 4.79 Å². The van der Waals surface area contributed by atoms with E-state index in [2.05, 4.69) is 83.0 Å². The number of allylic oxidation sites excluding steroid dienone is 1. The van der Waals surface area contributed by atoms with E-state index in [0.717, 1.165) is 72.1 Å². The van der Waals surface area contributed by atoms with Crippen LogP contribution in [0, 0.1) is 6.92 Å². The first-order valence-electron chi connectivity index (χ1n) is 13.9. The number of carbonyl (C=O) groups is 1. The van der Waals surface area contributed by atoms with Gasteiger partial charge in [0.1, 0.15) is 6.17 Å². The first-order chi connectivity index (χ1) is 18.5. The van der Waals surface area contributed by atoms with Gasteiger partial charge in [0.25, 0.3) is 5.91 Å². The van der Waals surface area contributed by atoms with Crippen LogP contribution in [0.2, 0.25) is 0 Å². The van der Waals surface area contributed by atoms with Gasteiger partial charge in [-0.1, -0.05) is 30.8 Å². The monoisotopic (exact) mass is 510 g/mol. The Morgan fingerprint density at radius 3 is 2.66 bits per heavy atom. The minimum absolute atomic E-state index is 0.144. The van der Waals surface area contributed by atoms with Crippen LogP contribution in [-0.4, -0.2) is 54.1 Å². The average molecular weight is 511 g/mol. The molecule has 4 N–H and O–H groups in total. The highest BCUT2D eigenvalue weighted by Gasteiger charge is 2.33. The summed E-state index contributed by atoms with van der Waals surface area (Å²) in [4.78, 5) is 17.6. The predicted molar refractivity (Wildman–Crippen MR) is 154 cm³/mol. The number of carbonyl (C=O) groups excluding carboxylic acids is 1. The van der Waals surface area contributed by atoms with Gasteiger partial charge in [-0.2, -0.15) is 0 Å². The molecular formula is C31H38N6O. The van der Waals surface area contributed by atoms with E-state index < -0.39 is 0 Å². The lowest BCUT2D eigenvalue weighted by atomic mass is 10.00. The maximum atomic E-state index is 13.2. The molecule has 2 unspecified atom stereocenters. The van der Waals surface area contributed by atoms with Crippen molar-refractivity contribution in [2.24, 2.45) is 0 Å². The molecule has 2 aromatic rings. The second-order valence-corrected chi connectivity index (χ2v) is 11.0. The molecule has 4 aliphatic heterocycles. The maximum absolute atomic E-state index is 13.2. The molecule has 1 amide bonds. The lowest BCUT2D eigenvalue weighted by Crippen LogP contribution is -2.36. The number of rotatable bonds is 8. The zero-order chi connectivity index (χ0) is 26.2. The minimum Gasteiger partial charge on any atom is -0.382 e. The summed E-state index contributed by atoms with van der Waals surface area (Å²) in [6.07, 6.45) is 7.35. The first-order valence-corrected chi connectivity index (χ1v) is 13.9. The summed E-state index contributed by atoms with van der Waals surface area (Å²) < 4.78 is 0. The SMILES string of the molecule is C=C1NC=CC(NC(C)Cc2ccccc2C)=C1C1Nc2cc3c(cc2N1)C(=O)N(CCN1CCCC1)C3. The molecule has 198 valence electrons. The molecule has 2 aromatic carbocycles. The smallest absolute Gasteiger partial charge is 0.254 e. The lowest BCUT2D eigenvalue weighted by Gasteiger charge is -2.28. The summed E-state index contributed by atoms with van der Waals surface area (Å²) in [6, 6.07) is 13.0. The second-order valence-electron chi connectivity index (χ2n) is 11.0. The van der Waals surface area contributed by atoms with Crippen LogP contribution in [0.5, 0.6) is 0 Å². The molecule has 1 fully saturated rings. The van der Waals surface area contributed by atoms with Crippen LogP contribution in [0.15, 0.2) is 72.2 Å². The molecule has 7 nitrogen and oxygen atoms in total. The number of hydrogen-bond donors (Lipinski definition) is 4. The largest absolute Gasteiger partial charge is 0.382 e. The van der Waals surface area contributed by atoms with E-state index in [1.54, 1.807) is 0 Å². The van der Waals surface area contributed by atoms with Crippen LogP contribution < -0.4 is 21.3 Å². The Kier molecular flexibility index (Phi) is 6.62. The van der Waals surface area contributed by atoms with E-state index >= 15 is 0 Å². The number of fused-ring (bicyclic) bond motifs is 2. The van der Waals surface area contributed by atoms with Gasteiger partial charge in [-0.3, -0.25) is 4.79 Å². The van der Waals surface area contributed by atoms with Gasteiger partial charge in [-0.25, -0.2) is 0 Å². The van der Waals surface area contributed by atoms with Gasteiger partial charge in [0.15, 0.2) is 0 Å². The summed E-state index contributed by atoms with van der Waals surface area (Å²) >= 11 is 0. The zero-order valence-electron chi connectivity index (χ0n) is 22.4. The van der Waals surface area contributed by atoms with Crippen molar-refractivity contribution in [1.82, 2.24) is 20.4 Å². The number of nitrogens with zero attached hydrogens (tertiary/aromatic N) is 2. The van der Waals surface area contributed by atoms with E-state index in [1.165, 1.54) is 24.0 Å². The third-order valence-corrected chi connectivity index (χ3v) is 8.21. The average Bonchev–Trinajstić information content (AvgIpc) is 3.62. The Morgan fingerprint density at radius 2 is 1.87 bits per heavy atom. The highest BCUT2D eigenvalue weighted by atomic mass is 16.2. The fraction of sp³-hybridized carbons (Fsp3) is 0.387. The third-order valence-electron chi connectivity index (χ3n) is 8.21. The molecule has 0 aromatic heterocycles. The topological polar surface area (TPSA) is 71.7 Å². The summed E-state index contributed by atoms with van der Waals surface area (Å²) in [5.41, 5.74) is 9.54. The fourth-order valence-electron chi connectivity index (χ4n) is 6.10. The van der Waals surface area contributed by atoms with Crippen LogP contribution in [0.4, 0.5) is 11.4 Å². The van der Waals surface area contributed by atoms with Crippen molar-refractivity contribution in [3.63, 3.8) is 0 Å². The Hall–Kier alpha value is -3.71. The Morgan fingerprint density at radius 1 is 1.11 bits per heavy atom. The molecule has 0 aliphatic carbocycles. The van der Waals surface area contributed by atoms with E-state index in [4.69, 9.17) is 0 Å². The molecule has 1 saturated heterocycles. The van der Waals surface area contributed by atoms with Gasteiger partial charge < -0.3 is 31.1 Å². The number of aryl methyl sites for hydroxylation is 1. The number of likely N-dealkylation sites (tertiary alicyclic amines) is 1. The van der Waals surface area contributed by atoms with Gasteiger partial charge in [0.05, 0.1) is 11.4 Å². The van der Waals surface area contributed by atoms with Gasteiger partial charge in [0, 0.05) is 54.4 Å². The van der Waals surface area contributed by atoms with Crippen molar-refractivity contribution >= 4 is 17.3 Å². The molecule has 38 heavy (non-hydrogen) atoms. The predicted octanol–water partition coefficient (Wildman–Crippen LogP) is 4.32. The van der Waals surface area contributed by atoms with E-state index in [0.29, 0.717) is 6.54 Å². The molecule has 4 heterocycles. The molecule has 7 heteroatoms. The number of benzene rings is 2. The number of hydrogen-bond acceptors (Lipinski definition) is 6. The Labute approximate surface area is 225 Å². The van der Waals surface area contributed by atoms with Crippen molar-refractivity contribution in [2.75, 3.05) is 36.8 Å².